The van der Waals surface area contributed by atoms with E-state index in [1.807, 2.05) is 67.1 Å². The Morgan fingerprint density at radius 2 is 1.50 bits per heavy atom. The second-order valence-corrected chi connectivity index (χ2v) is 6.19. The maximum atomic E-state index is 12.3. The van der Waals surface area contributed by atoms with E-state index >= 15 is 0 Å². The molecule has 8 heteroatoms. The van der Waals surface area contributed by atoms with Crippen molar-refractivity contribution in [2.75, 3.05) is 6.61 Å². The van der Waals surface area contributed by atoms with Crippen molar-refractivity contribution >= 4 is 17.7 Å². The number of rotatable bonds is 8. The van der Waals surface area contributed by atoms with Crippen molar-refractivity contribution < 1.29 is 29.3 Å². The molecule has 2 N–H and O–H groups in total. The van der Waals surface area contributed by atoms with E-state index in [-0.39, 0.29) is 5.78 Å². The standard InChI is InChI=1S/C20H20N2O2.C2H2O4/c23-20(17-6-2-1-3-7-17)18-8-10-19(11-9-18)24-15-5-4-13-22-14-12-21-16-22;3-1(4)2(5)6/h1-3,6-12,14,16H,4-5,13,15H2;(H,3,4)(H,5,6). The van der Waals surface area contributed by atoms with Crippen molar-refractivity contribution in [1.29, 1.82) is 0 Å². The third kappa shape index (κ3) is 7.59. The van der Waals surface area contributed by atoms with Crippen LogP contribution in [0.15, 0.2) is 73.3 Å². The zero-order chi connectivity index (χ0) is 21.8. The average molecular weight is 410 g/mol. The molecule has 1 aromatic heterocycles. The van der Waals surface area contributed by atoms with E-state index in [9.17, 15) is 4.79 Å². The molecular formula is C22H22N2O6. The molecule has 0 fully saturated rings. The lowest BCUT2D eigenvalue weighted by atomic mass is 10.0. The van der Waals surface area contributed by atoms with Gasteiger partial charge in [-0.15, -0.1) is 0 Å². The van der Waals surface area contributed by atoms with Gasteiger partial charge in [0.1, 0.15) is 5.75 Å². The molecule has 3 aromatic rings. The number of ether oxygens (including phenoxy) is 1. The van der Waals surface area contributed by atoms with Crippen molar-refractivity contribution in [3.63, 3.8) is 0 Å². The van der Waals surface area contributed by atoms with Crippen LogP contribution in [-0.2, 0) is 16.1 Å². The summed E-state index contributed by atoms with van der Waals surface area (Å²) in [6, 6.07) is 16.6. The first-order chi connectivity index (χ1) is 14.5. The van der Waals surface area contributed by atoms with Gasteiger partial charge in [0, 0.05) is 30.1 Å². The minimum atomic E-state index is -1.82. The second-order valence-electron chi connectivity index (χ2n) is 6.19. The van der Waals surface area contributed by atoms with Crippen LogP contribution in [0.25, 0.3) is 0 Å². The normalized spacial score (nSPS) is 9.87. The van der Waals surface area contributed by atoms with E-state index in [1.165, 1.54) is 0 Å². The molecule has 0 radical (unpaired) electrons. The lowest BCUT2D eigenvalue weighted by Gasteiger charge is -2.07. The van der Waals surface area contributed by atoms with Gasteiger partial charge in [0.25, 0.3) is 0 Å². The van der Waals surface area contributed by atoms with Crippen molar-refractivity contribution in [3.8, 4) is 5.75 Å². The number of aryl methyl sites for hydroxylation is 1. The summed E-state index contributed by atoms with van der Waals surface area (Å²) in [6.45, 7) is 1.62. The maximum absolute atomic E-state index is 12.3. The Morgan fingerprint density at radius 3 is 2.07 bits per heavy atom. The van der Waals surface area contributed by atoms with Crippen LogP contribution < -0.4 is 4.74 Å². The lowest BCUT2D eigenvalue weighted by molar-refractivity contribution is -0.159. The predicted octanol–water partition coefficient (Wildman–Crippen LogP) is 3.13. The number of hydrogen-bond acceptors (Lipinski definition) is 5. The van der Waals surface area contributed by atoms with Crippen LogP contribution in [0.2, 0.25) is 0 Å². The number of ketones is 1. The third-order valence-corrected chi connectivity index (χ3v) is 3.97. The summed E-state index contributed by atoms with van der Waals surface area (Å²) in [6.07, 6.45) is 7.59. The van der Waals surface area contributed by atoms with Crippen LogP contribution in [0, 0.1) is 0 Å². The summed E-state index contributed by atoms with van der Waals surface area (Å²) in [5.41, 5.74) is 1.37. The molecular weight excluding hydrogens is 388 g/mol. The molecule has 0 saturated heterocycles. The number of imidazole rings is 1. The average Bonchev–Trinajstić information content (AvgIpc) is 3.28. The molecule has 156 valence electrons. The number of unbranched alkanes of at least 4 members (excludes halogenated alkanes) is 1. The number of carbonyl (C=O) groups is 3. The van der Waals surface area contributed by atoms with Gasteiger partial charge in [0.2, 0.25) is 0 Å². The molecule has 0 bridgehead atoms. The molecule has 0 aliphatic carbocycles. The van der Waals surface area contributed by atoms with Gasteiger partial charge in [-0.3, -0.25) is 4.79 Å². The summed E-state index contributed by atoms with van der Waals surface area (Å²) in [7, 11) is 0. The Labute approximate surface area is 173 Å². The third-order valence-electron chi connectivity index (χ3n) is 3.97. The molecule has 0 aliphatic rings. The number of carboxylic acids is 2. The molecule has 30 heavy (non-hydrogen) atoms. The summed E-state index contributed by atoms with van der Waals surface area (Å²) in [5, 5.41) is 14.8. The number of carboxylic acid groups (broad SMARTS) is 2. The first-order valence-electron chi connectivity index (χ1n) is 9.22. The number of aliphatic carboxylic acids is 2. The van der Waals surface area contributed by atoms with Gasteiger partial charge in [-0.25, -0.2) is 14.6 Å². The first kappa shape index (κ1) is 22.4. The Kier molecular flexibility index (Phi) is 8.79. The van der Waals surface area contributed by atoms with Crippen LogP contribution in [-0.4, -0.2) is 44.1 Å². The zero-order valence-electron chi connectivity index (χ0n) is 16.2. The van der Waals surface area contributed by atoms with E-state index < -0.39 is 11.9 Å². The Balaban J connectivity index is 0.000000469. The zero-order valence-corrected chi connectivity index (χ0v) is 16.2. The van der Waals surface area contributed by atoms with Crippen molar-refractivity contribution in [3.05, 3.63) is 84.4 Å². The molecule has 0 unspecified atom stereocenters. The predicted molar refractivity (Wildman–Crippen MR) is 109 cm³/mol. The molecule has 8 nitrogen and oxygen atoms in total. The summed E-state index contributed by atoms with van der Waals surface area (Å²) < 4.78 is 7.79. The van der Waals surface area contributed by atoms with Gasteiger partial charge in [-0.2, -0.15) is 0 Å². The maximum Gasteiger partial charge on any atom is 0.414 e. The molecule has 3 rings (SSSR count). The van der Waals surface area contributed by atoms with Crippen molar-refractivity contribution in [1.82, 2.24) is 9.55 Å². The van der Waals surface area contributed by atoms with Crippen molar-refractivity contribution in [2.24, 2.45) is 0 Å². The van der Waals surface area contributed by atoms with E-state index in [0.717, 1.165) is 25.1 Å². The highest BCUT2D eigenvalue weighted by Gasteiger charge is 2.08. The molecule has 0 aliphatic heterocycles. The topological polar surface area (TPSA) is 119 Å². The lowest BCUT2D eigenvalue weighted by Crippen LogP contribution is -2.09. The molecule has 0 spiro atoms. The smallest absolute Gasteiger partial charge is 0.414 e. The number of nitrogens with zero attached hydrogens (tertiary/aromatic N) is 2. The summed E-state index contributed by atoms with van der Waals surface area (Å²) in [5.74, 6) is -2.82. The number of aromatic nitrogens is 2. The monoisotopic (exact) mass is 410 g/mol. The molecule has 1 heterocycles. The number of hydrogen-bond donors (Lipinski definition) is 2. The summed E-state index contributed by atoms with van der Waals surface area (Å²) in [4.78, 5) is 34.5. The minimum Gasteiger partial charge on any atom is -0.494 e. The van der Waals surface area contributed by atoms with E-state index in [4.69, 9.17) is 24.5 Å². The highest BCUT2D eigenvalue weighted by molar-refractivity contribution is 6.27. The largest absolute Gasteiger partial charge is 0.494 e. The van der Waals surface area contributed by atoms with E-state index in [2.05, 4.69) is 9.55 Å². The molecule has 0 atom stereocenters. The molecule has 2 aromatic carbocycles. The molecule has 0 saturated carbocycles. The summed E-state index contributed by atoms with van der Waals surface area (Å²) >= 11 is 0. The minimum absolute atomic E-state index is 0.0301. The van der Waals surface area contributed by atoms with Crippen LogP contribution >= 0.6 is 0 Å². The van der Waals surface area contributed by atoms with Gasteiger partial charge in [-0.05, 0) is 37.1 Å². The fraction of sp³-hybridized carbons (Fsp3) is 0.182. The Hall–Kier alpha value is -3.94. The SMILES string of the molecule is O=C(O)C(=O)O.O=C(c1ccccc1)c1ccc(OCCCCn2ccnc2)cc1. The quantitative estimate of drug-likeness (QED) is 0.333. The fourth-order valence-corrected chi connectivity index (χ4v) is 2.46. The van der Waals surface area contributed by atoms with E-state index in [1.54, 1.807) is 6.20 Å². The van der Waals surface area contributed by atoms with Crippen LogP contribution in [0.5, 0.6) is 5.75 Å². The Morgan fingerprint density at radius 1 is 0.867 bits per heavy atom. The van der Waals surface area contributed by atoms with Crippen LogP contribution in [0.4, 0.5) is 0 Å². The van der Waals surface area contributed by atoms with Gasteiger partial charge in [0.05, 0.1) is 12.9 Å². The van der Waals surface area contributed by atoms with Gasteiger partial charge in [0.15, 0.2) is 5.78 Å². The van der Waals surface area contributed by atoms with Crippen LogP contribution in [0.1, 0.15) is 28.8 Å². The Bertz CT molecular complexity index is 926. The second kappa shape index (κ2) is 11.8. The highest BCUT2D eigenvalue weighted by atomic mass is 16.5. The highest BCUT2D eigenvalue weighted by Crippen LogP contribution is 2.16. The first-order valence-corrected chi connectivity index (χ1v) is 9.22. The van der Waals surface area contributed by atoms with Crippen molar-refractivity contribution in [2.45, 2.75) is 19.4 Å². The molecule has 0 amide bonds. The van der Waals surface area contributed by atoms with Gasteiger partial charge in [-0.1, -0.05) is 30.3 Å². The number of benzene rings is 2. The van der Waals surface area contributed by atoms with Gasteiger partial charge >= 0.3 is 11.9 Å². The van der Waals surface area contributed by atoms with Crippen LogP contribution in [0.3, 0.4) is 0 Å². The fourth-order valence-electron chi connectivity index (χ4n) is 2.46. The number of carbonyl (C=O) groups excluding carboxylic acids is 1. The van der Waals surface area contributed by atoms with E-state index in [0.29, 0.717) is 17.7 Å². The van der Waals surface area contributed by atoms with Gasteiger partial charge < -0.3 is 19.5 Å².